The Morgan fingerprint density at radius 1 is 1.08 bits per heavy atom. The first-order valence-electron chi connectivity index (χ1n) is 8.14. The number of hydrogen-bond acceptors (Lipinski definition) is 3. The smallest absolute Gasteiger partial charge is 0.238 e. The summed E-state index contributed by atoms with van der Waals surface area (Å²) in [6, 6.07) is 15.4. The molecule has 0 saturated heterocycles. The molecule has 0 aromatic heterocycles. The molecule has 2 amide bonds. The minimum absolute atomic E-state index is 0. The minimum Gasteiger partial charge on any atom is -0.325 e. The second-order valence-electron chi connectivity index (χ2n) is 5.90. The maximum atomic E-state index is 12.7. The van der Waals surface area contributed by atoms with Crippen molar-refractivity contribution in [3.8, 4) is 0 Å². The third-order valence-corrected chi connectivity index (χ3v) is 4.19. The third-order valence-electron chi connectivity index (χ3n) is 4.19. The zero-order valence-electron chi connectivity index (χ0n) is 13.9. The van der Waals surface area contributed by atoms with Gasteiger partial charge >= 0.3 is 0 Å². The fraction of sp³-hybridized carbons (Fsp3) is 0.263. The topological polar surface area (TPSA) is 75.4 Å². The number of aryl methyl sites for hydroxylation is 1. The summed E-state index contributed by atoms with van der Waals surface area (Å²) in [4.78, 5) is 25.8. The maximum absolute atomic E-state index is 12.7. The van der Waals surface area contributed by atoms with Crippen LogP contribution < -0.4 is 16.0 Å². The summed E-state index contributed by atoms with van der Waals surface area (Å²) in [7, 11) is 0. The van der Waals surface area contributed by atoms with Crippen LogP contribution in [0.3, 0.4) is 0 Å². The molecule has 0 unspecified atom stereocenters. The van der Waals surface area contributed by atoms with Gasteiger partial charge < -0.3 is 16.0 Å². The van der Waals surface area contributed by atoms with Crippen LogP contribution in [-0.4, -0.2) is 24.9 Å². The van der Waals surface area contributed by atoms with Crippen LogP contribution in [0.2, 0.25) is 0 Å². The number of anilines is 2. The van der Waals surface area contributed by atoms with Gasteiger partial charge in [-0.2, -0.15) is 0 Å². The summed E-state index contributed by atoms with van der Waals surface area (Å²) >= 11 is 0. The molecule has 0 saturated carbocycles. The molecule has 25 heavy (non-hydrogen) atoms. The molecule has 0 radical (unpaired) electrons. The Morgan fingerprint density at radius 2 is 1.80 bits per heavy atom. The molecule has 2 aromatic rings. The summed E-state index contributed by atoms with van der Waals surface area (Å²) in [6.07, 6.45) is 2.36. The molecule has 1 heterocycles. The van der Waals surface area contributed by atoms with Crippen molar-refractivity contribution in [3.05, 3.63) is 59.7 Å². The van der Waals surface area contributed by atoms with Gasteiger partial charge in [-0.25, -0.2) is 0 Å². The lowest BCUT2D eigenvalue weighted by molar-refractivity contribution is -0.118. The molecule has 1 aliphatic rings. The monoisotopic (exact) mass is 359 g/mol. The second kappa shape index (κ2) is 8.65. The van der Waals surface area contributed by atoms with Gasteiger partial charge in [0.2, 0.25) is 11.8 Å². The first-order chi connectivity index (χ1) is 11.7. The van der Waals surface area contributed by atoms with Crippen molar-refractivity contribution < 1.29 is 9.59 Å². The predicted molar refractivity (Wildman–Crippen MR) is 102 cm³/mol. The molecule has 132 valence electrons. The average Bonchev–Trinajstić information content (AvgIpc) is 2.62. The van der Waals surface area contributed by atoms with Crippen molar-refractivity contribution >= 4 is 35.6 Å². The zero-order valence-corrected chi connectivity index (χ0v) is 14.7. The average molecular weight is 360 g/mol. The van der Waals surface area contributed by atoms with E-state index in [0.29, 0.717) is 12.1 Å². The Balaban J connectivity index is 0.00000225. The molecule has 5 nitrogen and oxygen atoms in total. The number of halogens is 1. The van der Waals surface area contributed by atoms with E-state index in [4.69, 9.17) is 5.73 Å². The van der Waals surface area contributed by atoms with E-state index in [1.807, 2.05) is 35.2 Å². The van der Waals surface area contributed by atoms with Crippen molar-refractivity contribution in [2.24, 2.45) is 5.73 Å². The number of amides is 2. The molecular formula is C19H22ClN3O2. The summed E-state index contributed by atoms with van der Waals surface area (Å²) in [5.41, 5.74) is 9.15. The highest BCUT2D eigenvalue weighted by atomic mass is 35.5. The van der Waals surface area contributed by atoms with E-state index in [2.05, 4.69) is 11.4 Å². The standard InChI is InChI=1S/C19H21N3O2.ClH/c20-13-18(23)21-16-9-7-14(8-10-16)12-19(24)22-11-3-5-15-4-1-2-6-17(15)22;/h1-2,4,6-10H,3,5,11-13,20H2,(H,21,23);1H. The minimum atomic E-state index is -0.233. The van der Waals surface area contributed by atoms with Crippen LogP contribution in [0.25, 0.3) is 0 Å². The van der Waals surface area contributed by atoms with Crippen molar-refractivity contribution in [2.45, 2.75) is 19.3 Å². The van der Waals surface area contributed by atoms with Gasteiger partial charge in [-0.15, -0.1) is 12.4 Å². The SMILES string of the molecule is Cl.NCC(=O)Nc1ccc(CC(=O)N2CCCc3ccccc32)cc1. The largest absolute Gasteiger partial charge is 0.325 e. The van der Waals surface area contributed by atoms with Crippen LogP contribution in [0.5, 0.6) is 0 Å². The van der Waals surface area contributed by atoms with Gasteiger partial charge in [-0.1, -0.05) is 30.3 Å². The molecule has 3 rings (SSSR count). The molecule has 0 spiro atoms. The number of fused-ring (bicyclic) bond motifs is 1. The number of carbonyl (C=O) groups is 2. The predicted octanol–water partition coefficient (Wildman–Crippen LogP) is 2.53. The van der Waals surface area contributed by atoms with Gasteiger partial charge in [0, 0.05) is 17.9 Å². The van der Waals surface area contributed by atoms with Gasteiger partial charge in [-0.3, -0.25) is 9.59 Å². The summed E-state index contributed by atoms with van der Waals surface area (Å²) in [6.45, 7) is 0.717. The van der Waals surface area contributed by atoms with Gasteiger partial charge in [-0.05, 0) is 42.2 Å². The normalized spacial score (nSPS) is 12.8. The number of rotatable bonds is 4. The first kappa shape index (κ1) is 19.0. The van der Waals surface area contributed by atoms with Crippen molar-refractivity contribution in [3.63, 3.8) is 0 Å². The molecular weight excluding hydrogens is 338 g/mol. The Bertz CT molecular complexity index is 747. The van der Waals surface area contributed by atoms with Crippen LogP contribution in [0.4, 0.5) is 11.4 Å². The van der Waals surface area contributed by atoms with E-state index >= 15 is 0 Å². The maximum Gasteiger partial charge on any atom is 0.238 e. The van der Waals surface area contributed by atoms with Gasteiger partial charge in [0.25, 0.3) is 0 Å². The molecule has 6 heteroatoms. The summed E-state index contributed by atoms with van der Waals surface area (Å²) < 4.78 is 0. The molecule has 2 aromatic carbocycles. The number of nitrogens with zero attached hydrogens (tertiary/aromatic N) is 1. The fourth-order valence-electron chi connectivity index (χ4n) is 2.98. The molecule has 1 aliphatic heterocycles. The number of hydrogen-bond donors (Lipinski definition) is 2. The van der Waals surface area contributed by atoms with Crippen LogP contribution in [0, 0.1) is 0 Å². The lowest BCUT2D eigenvalue weighted by atomic mass is 10.0. The quantitative estimate of drug-likeness (QED) is 0.880. The second-order valence-corrected chi connectivity index (χ2v) is 5.90. The Kier molecular flexibility index (Phi) is 6.56. The number of carbonyl (C=O) groups excluding carboxylic acids is 2. The number of nitrogens with two attached hydrogens (primary N) is 1. The van der Waals surface area contributed by atoms with Crippen molar-refractivity contribution in [2.75, 3.05) is 23.3 Å². The van der Waals surface area contributed by atoms with Crippen LogP contribution in [0.1, 0.15) is 17.5 Å². The highest BCUT2D eigenvalue weighted by molar-refractivity contribution is 5.96. The highest BCUT2D eigenvalue weighted by Gasteiger charge is 2.22. The highest BCUT2D eigenvalue weighted by Crippen LogP contribution is 2.27. The number of benzene rings is 2. The lowest BCUT2D eigenvalue weighted by Gasteiger charge is -2.29. The molecule has 0 aliphatic carbocycles. The van der Waals surface area contributed by atoms with Crippen LogP contribution in [0.15, 0.2) is 48.5 Å². The van der Waals surface area contributed by atoms with Crippen molar-refractivity contribution in [1.29, 1.82) is 0 Å². The van der Waals surface area contributed by atoms with Crippen LogP contribution >= 0.6 is 12.4 Å². The van der Waals surface area contributed by atoms with E-state index in [1.54, 1.807) is 12.1 Å². The summed E-state index contributed by atoms with van der Waals surface area (Å²) in [5, 5.41) is 2.69. The molecule has 3 N–H and O–H groups in total. The van der Waals surface area contributed by atoms with Crippen molar-refractivity contribution in [1.82, 2.24) is 0 Å². The van der Waals surface area contributed by atoms with E-state index in [9.17, 15) is 9.59 Å². The lowest BCUT2D eigenvalue weighted by Crippen LogP contribution is -2.36. The Hall–Kier alpha value is -2.37. The van der Waals surface area contributed by atoms with E-state index < -0.39 is 0 Å². The van der Waals surface area contributed by atoms with E-state index in [-0.39, 0.29) is 30.8 Å². The third kappa shape index (κ3) is 4.59. The zero-order chi connectivity index (χ0) is 16.9. The fourth-order valence-corrected chi connectivity index (χ4v) is 2.98. The number of nitrogens with one attached hydrogen (secondary N) is 1. The van der Waals surface area contributed by atoms with Gasteiger partial charge in [0.15, 0.2) is 0 Å². The van der Waals surface area contributed by atoms with Gasteiger partial charge in [0.1, 0.15) is 0 Å². The first-order valence-corrected chi connectivity index (χ1v) is 8.14. The van der Waals surface area contributed by atoms with Gasteiger partial charge in [0.05, 0.1) is 13.0 Å². The Morgan fingerprint density at radius 3 is 2.52 bits per heavy atom. The van der Waals surface area contributed by atoms with Crippen LogP contribution in [-0.2, 0) is 22.4 Å². The van der Waals surface area contributed by atoms with E-state index in [1.165, 1.54) is 5.56 Å². The molecule has 0 fully saturated rings. The summed E-state index contributed by atoms with van der Waals surface area (Å²) in [5.74, 6) is -0.135. The Labute approximate surface area is 153 Å². The molecule has 0 atom stereocenters. The number of para-hydroxylation sites is 1. The molecule has 0 bridgehead atoms. The van der Waals surface area contributed by atoms with E-state index in [0.717, 1.165) is 30.6 Å².